The maximum atomic E-state index is 11.4. The van der Waals surface area contributed by atoms with Crippen molar-refractivity contribution < 1.29 is 9.90 Å². The highest BCUT2D eigenvalue weighted by molar-refractivity contribution is 5.76. The van der Waals surface area contributed by atoms with Crippen LogP contribution < -0.4 is 5.69 Å². The van der Waals surface area contributed by atoms with Crippen LogP contribution in [-0.4, -0.2) is 20.6 Å². The number of hydrogen-bond acceptors (Lipinski definition) is 3. The minimum absolute atomic E-state index is 0.397. The Balaban J connectivity index is 3.28. The molecule has 0 saturated heterocycles. The molecule has 0 saturated carbocycles. The van der Waals surface area contributed by atoms with Crippen molar-refractivity contribution in [2.75, 3.05) is 0 Å². The van der Waals surface area contributed by atoms with Crippen molar-refractivity contribution in [1.82, 2.24) is 9.55 Å². The molecule has 1 unspecified atom stereocenters. The highest BCUT2D eigenvalue weighted by Crippen LogP contribution is 2.20. The fourth-order valence-corrected chi connectivity index (χ4v) is 1.55. The topological polar surface area (TPSA) is 72.2 Å². The van der Waals surface area contributed by atoms with E-state index in [1.54, 1.807) is 6.07 Å². The predicted molar refractivity (Wildman–Crippen MR) is 54.7 cm³/mol. The number of carboxylic acids is 1. The Morgan fingerprint density at radius 1 is 1.67 bits per heavy atom. The van der Waals surface area contributed by atoms with Crippen LogP contribution >= 0.6 is 0 Å². The molecule has 1 rings (SSSR count). The standard InChI is InChI=1S/C10H14N2O3/c1-3-5-10(2,8(13)14)12-7-4-6-11-9(12)15/h4,6-7H,3,5H2,1-2H3,(H,13,14). The molecule has 0 fully saturated rings. The average molecular weight is 210 g/mol. The minimum atomic E-state index is -1.21. The van der Waals surface area contributed by atoms with E-state index in [4.69, 9.17) is 5.11 Å². The first-order valence-electron chi connectivity index (χ1n) is 4.80. The van der Waals surface area contributed by atoms with Crippen LogP contribution in [0.1, 0.15) is 26.7 Å². The molecule has 82 valence electrons. The Hall–Kier alpha value is -1.65. The third kappa shape index (κ3) is 2.06. The van der Waals surface area contributed by atoms with Crippen LogP contribution in [0, 0.1) is 0 Å². The lowest BCUT2D eigenvalue weighted by molar-refractivity contribution is -0.147. The Morgan fingerprint density at radius 3 is 2.80 bits per heavy atom. The number of carbonyl (C=O) groups is 1. The molecular weight excluding hydrogens is 196 g/mol. The van der Waals surface area contributed by atoms with Crippen LogP contribution in [-0.2, 0) is 10.3 Å². The van der Waals surface area contributed by atoms with E-state index in [-0.39, 0.29) is 0 Å². The summed E-state index contributed by atoms with van der Waals surface area (Å²) in [5.41, 5.74) is -1.74. The molecule has 1 atom stereocenters. The molecule has 1 N–H and O–H groups in total. The lowest BCUT2D eigenvalue weighted by Crippen LogP contribution is -2.45. The molecule has 15 heavy (non-hydrogen) atoms. The van der Waals surface area contributed by atoms with Gasteiger partial charge in [0.15, 0.2) is 0 Å². The number of hydrogen-bond donors (Lipinski definition) is 1. The Bertz CT molecular complexity index is 413. The van der Waals surface area contributed by atoms with E-state index in [2.05, 4.69) is 4.98 Å². The van der Waals surface area contributed by atoms with Gasteiger partial charge in [-0.2, -0.15) is 0 Å². The average Bonchev–Trinajstić information content (AvgIpc) is 2.18. The van der Waals surface area contributed by atoms with Gasteiger partial charge >= 0.3 is 11.7 Å². The Kier molecular flexibility index (Phi) is 3.24. The monoisotopic (exact) mass is 210 g/mol. The largest absolute Gasteiger partial charge is 0.479 e. The molecule has 1 aromatic rings. The van der Waals surface area contributed by atoms with E-state index < -0.39 is 17.2 Å². The lowest BCUT2D eigenvalue weighted by atomic mass is 9.96. The first kappa shape index (κ1) is 11.4. The van der Waals surface area contributed by atoms with Crippen LogP contribution in [0.5, 0.6) is 0 Å². The molecule has 1 heterocycles. The number of carboxylic acid groups (broad SMARTS) is 1. The molecule has 0 aliphatic rings. The highest BCUT2D eigenvalue weighted by Gasteiger charge is 2.34. The van der Waals surface area contributed by atoms with Gasteiger partial charge in [-0.3, -0.25) is 4.57 Å². The molecule has 0 radical (unpaired) electrons. The fraction of sp³-hybridized carbons (Fsp3) is 0.500. The van der Waals surface area contributed by atoms with E-state index >= 15 is 0 Å². The second-order valence-corrected chi connectivity index (χ2v) is 3.60. The fourth-order valence-electron chi connectivity index (χ4n) is 1.55. The number of aromatic nitrogens is 2. The van der Waals surface area contributed by atoms with Crippen molar-refractivity contribution in [3.05, 3.63) is 28.9 Å². The molecule has 0 spiro atoms. The highest BCUT2D eigenvalue weighted by atomic mass is 16.4. The predicted octanol–water partition coefficient (Wildman–Crippen LogP) is 0.843. The van der Waals surface area contributed by atoms with Crippen molar-refractivity contribution in [1.29, 1.82) is 0 Å². The van der Waals surface area contributed by atoms with Gasteiger partial charge in [-0.1, -0.05) is 13.3 Å². The first-order valence-corrected chi connectivity index (χ1v) is 4.80. The lowest BCUT2D eigenvalue weighted by Gasteiger charge is -2.26. The second kappa shape index (κ2) is 4.25. The molecule has 5 heteroatoms. The SMILES string of the molecule is CCCC(C)(C(=O)O)n1cccnc1=O. The molecule has 0 amide bonds. The third-order valence-corrected chi connectivity index (χ3v) is 2.44. The summed E-state index contributed by atoms with van der Waals surface area (Å²) in [6, 6.07) is 1.55. The second-order valence-electron chi connectivity index (χ2n) is 3.60. The van der Waals surface area contributed by atoms with Crippen LogP contribution in [0.25, 0.3) is 0 Å². The summed E-state index contributed by atoms with van der Waals surface area (Å²) >= 11 is 0. The van der Waals surface area contributed by atoms with E-state index in [1.807, 2.05) is 6.92 Å². The van der Waals surface area contributed by atoms with Crippen LogP contribution in [0.3, 0.4) is 0 Å². The van der Waals surface area contributed by atoms with E-state index in [1.165, 1.54) is 23.9 Å². The van der Waals surface area contributed by atoms with Crippen molar-refractivity contribution in [2.24, 2.45) is 0 Å². The summed E-state index contributed by atoms with van der Waals surface area (Å²) in [6.45, 7) is 3.41. The zero-order valence-electron chi connectivity index (χ0n) is 8.80. The normalized spacial score (nSPS) is 14.5. The maximum Gasteiger partial charge on any atom is 0.348 e. The summed E-state index contributed by atoms with van der Waals surface area (Å²) in [5.74, 6) is -1.01. The van der Waals surface area contributed by atoms with Crippen molar-refractivity contribution >= 4 is 5.97 Å². The van der Waals surface area contributed by atoms with Crippen molar-refractivity contribution in [2.45, 2.75) is 32.2 Å². The quantitative estimate of drug-likeness (QED) is 0.799. The Morgan fingerprint density at radius 2 is 2.33 bits per heavy atom. The summed E-state index contributed by atoms with van der Waals surface area (Å²) in [6.07, 6.45) is 3.89. The van der Waals surface area contributed by atoms with Crippen LogP contribution in [0.4, 0.5) is 0 Å². The summed E-state index contributed by atoms with van der Waals surface area (Å²) in [4.78, 5) is 26.2. The smallest absolute Gasteiger partial charge is 0.348 e. The molecule has 5 nitrogen and oxygen atoms in total. The molecular formula is C10H14N2O3. The maximum absolute atomic E-state index is 11.4. The van der Waals surface area contributed by atoms with Crippen LogP contribution in [0.2, 0.25) is 0 Å². The van der Waals surface area contributed by atoms with E-state index in [0.717, 1.165) is 0 Å². The van der Waals surface area contributed by atoms with Gasteiger partial charge in [0, 0.05) is 12.4 Å². The molecule has 0 bridgehead atoms. The van der Waals surface area contributed by atoms with Crippen molar-refractivity contribution in [3.8, 4) is 0 Å². The summed E-state index contributed by atoms with van der Waals surface area (Å²) < 4.78 is 1.17. The third-order valence-electron chi connectivity index (χ3n) is 2.44. The van der Waals surface area contributed by atoms with E-state index in [9.17, 15) is 9.59 Å². The van der Waals surface area contributed by atoms with Gasteiger partial charge in [0.25, 0.3) is 0 Å². The number of rotatable bonds is 4. The van der Waals surface area contributed by atoms with Gasteiger partial charge in [-0.05, 0) is 19.4 Å². The van der Waals surface area contributed by atoms with Gasteiger partial charge in [0.05, 0.1) is 0 Å². The zero-order chi connectivity index (χ0) is 11.5. The van der Waals surface area contributed by atoms with Gasteiger partial charge in [0.1, 0.15) is 5.54 Å². The molecule has 0 aliphatic carbocycles. The van der Waals surface area contributed by atoms with Crippen molar-refractivity contribution in [3.63, 3.8) is 0 Å². The molecule has 1 aromatic heterocycles. The molecule has 0 aromatic carbocycles. The minimum Gasteiger partial charge on any atom is -0.479 e. The van der Waals surface area contributed by atoms with Crippen LogP contribution in [0.15, 0.2) is 23.3 Å². The number of nitrogens with zero attached hydrogens (tertiary/aromatic N) is 2. The summed E-state index contributed by atoms with van der Waals surface area (Å²) in [5, 5.41) is 9.15. The summed E-state index contributed by atoms with van der Waals surface area (Å²) in [7, 11) is 0. The molecule has 0 aliphatic heterocycles. The number of aliphatic carboxylic acids is 1. The Labute approximate surface area is 87.4 Å². The van der Waals surface area contributed by atoms with Gasteiger partial charge < -0.3 is 5.11 Å². The zero-order valence-corrected chi connectivity index (χ0v) is 8.80. The van der Waals surface area contributed by atoms with Gasteiger partial charge in [0.2, 0.25) is 0 Å². The van der Waals surface area contributed by atoms with E-state index in [0.29, 0.717) is 12.8 Å². The first-order chi connectivity index (χ1) is 7.02. The van der Waals surface area contributed by atoms with Gasteiger partial charge in [-0.15, -0.1) is 0 Å². The van der Waals surface area contributed by atoms with Gasteiger partial charge in [-0.25, -0.2) is 14.6 Å².